The Morgan fingerprint density at radius 1 is 0.935 bits per heavy atom. The molecule has 1 unspecified atom stereocenters. The number of carbonyl (C=O) groups is 1. The molecule has 1 atom stereocenters. The number of aliphatic hydroxyl groups is 1. The molecule has 0 aromatic heterocycles. The van der Waals surface area contributed by atoms with Crippen molar-refractivity contribution in [2.45, 2.75) is 32.2 Å². The topological polar surface area (TPSA) is 84.6 Å². The molecule has 0 aliphatic carbocycles. The summed E-state index contributed by atoms with van der Waals surface area (Å²) in [5.41, 5.74) is 10.00. The minimum absolute atomic E-state index is 0.424. The van der Waals surface area contributed by atoms with Crippen LogP contribution in [0, 0.1) is 0 Å². The number of aliphatic hydroxyl groups excluding tert-OH is 1. The summed E-state index contributed by atoms with van der Waals surface area (Å²) < 4.78 is 5.82. The van der Waals surface area contributed by atoms with Gasteiger partial charge in [-0.15, -0.1) is 0 Å². The van der Waals surface area contributed by atoms with Crippen LogP contribution in [0.4, 0.5) is 5.69 Å². The summed E-state index contributed by atoms with van der Waals surface area (Å²) in [6.45, 7) is 3.77. The SMILES string of the molecule is CCc1ccc(-c2ccc(CCOc3ccc(NC(=O)C(C)(N)CO)cc3)cc2)cc1. The lowest BCUT2D eigenvalue weighted by atomic mass is 10.0. The number of amides is 1. The first kappa shape index (κ1) is 22.5. The number of hydrogen-bond acceptors (Lipinski definition) is 4. The van der Waals surface area contributed by atoms with Gasteiger partial charge in [0.1, 0.15) is 11.3 Å². The Bertz CT molecular complexity index is 979. The second kappa shape index (κ2) is 10.2. The molecule has 5 heteroatoms. The highest BCUT2D eigenvalue weighted by molar-refractivity contribution is 5.97. The van der Waals surface area contributed by atoms with E-state index < -0.39 is 18.1 Å². The summed E-state index contributed by atoms with van der Waals surface area (Å²) in [5.74, 6) is 0.289. The van der Waals surface area contributed by atoms with Crippen LogP contribution in [0.25, 0.3) is 11.1 Å². The Morgan fingerprint density at radius 3 is 2.00 bits per heavy atom. The zero-order chi connectivity index (χ0) is 22.3. The first-order valence-corrected chi connectivity index (χ1v) is 10.5. The van der Waals surface area contributed by atoms with Gasteiger partial charge in [-0.2, -0.15) is 0 Å². The molecule has 4 N–H and O–H groups in total. The van der Waals surface area contributed by atoms with Crippen LogP contribution in [0.5, 0.6) is 5.75 Å². The Kier molecular flexibility index (Phi) is 7.45. The Balaban J connectivity index is 1.49. The third-order valence-electron chi connectivity index (χ3n) is 5.27. The number of anilines is 1. The van der Waals surface area contributed by atoms with Gasteiger partial charge in [0.05, 0.1) is 13.2 Å². The summed E-state index contributed by atoms with van der Waals surface area (Å²) >= 11 is 0. The van der Waals surface area contributed by atoms with Gasteiger partial charge in [-0.25, -0.2) is 0 Å². The van der Waals surface area contributed by atoms with E-state index in [0.29, 0.717) is 12.3 Å². The second-order valence-electron chi connectivity index (χ2n) is 7.90. The summed E-state index contributed by atoms with van der Waals surface area (Å²) in [4.78, 5) is 12.0. The van der Waals surface area contributed by atoms with Gasteiger partial charge < -0.3 is 20.9 Å². The number of hydrogen-bond donors (Lipinski definition) is 3. The van der Waals surface area contributed by atoms with E-state index in [9.17, 15) is 4.79 Å². The number of nitrogens with two attached hydrogens (primary N) is 1. The van der Waals surface area contributed by atoms with Crippen molar-refractivity contribution in [2.75, 3.05) is 18.5 Å². The van der Waals surface area contributed by atoms with E-state index in [1.807, 2.05) is 0 Å². The van der Waals surface area contributed by atoms with Crippen LogP contribution in [-0.4, -0.2) is 29.8 Å². The van der Waals surface area contributed by atoms with E-state index in [4.69, 9.17) is 15.6 Å². The summed E-state index contributed by atoms with van der Waals surface area (Å²) in [6.07, 6.45) is 1.85. The molecule has 1 amide bonds. The molecule has 0 fully saturated rings. The summed E-state index contributed by atoms with van der Waals surface area (Å²) in [7, 11) is 0. The zero-order valence-electron chi connectivity index (χ0n) is 18.1. The van der Waals surface area contributed by atoms with E-state index in [-0.39, 0.29) is 0 Å². The van der Waals surface area contributed by atoms with Crippen molar-refractivity contribution in [3.8, 4) is 16.9 Å². The van der Waals surface area contributed by atoms with Crippen molar-refractivity contribution in [1.82, 2.24) is 0 Å². The highest BCUT2D eigenvalue weighted by Gasteiger charge is 2.27. The largest absolute Gasteiger partial charge is 0.493 e. The average molecular weight is 419 g/mol. The number of ether oxygens (including phenoxy) is 1. The van der Waals surface area contributed by atoms with Gasteiger partial charge in [0.15, 0.2) is 0 Å². The molecule has 0 aliphatic rings. The zero-order valence-corrected chi connectivity index (χ0v) is 18.1. The molecule has 0 spiro atoms. The molecular weight excluding hydrogens is 388 g/mol. The molecule has 0 saturated carbocycles. The van der Waals surface area contributed by atoms with Gasteiger partial charge in [-0.1, -0.05) is 55.5 Å². The third kappa shape index (κ3) is 6.17. The summed E-state index contributed by atoms with van der Waals surface area (Å²) in [6, 6.07) is 24.3. The average Bonchev–Trinajstić information content (AvgIpc) is 2.80. The molecule has 162 valence electrons. The van der Waals surface area contributed by atoms with Gasteiger partial charge in [0.2, 0.25) is 5.91 Å². The third-order valence-corrected chi connectivity index (χ3v) is 5.27. The van der Waals surface area contributed by atoms with Crippen LogP contribution in [0.3, 0.4) is 0 Å². The van der Waals surface area contributed by atoms with Gasteiger partial charge in [-0.05, 0) is 59.9 Å². The van der Waals surface area contributed by atoms with Crippen LogP contribution in [-0.2, 0) is 17.6 Å². The van der Waals surface area contributed by atoms with Gasteiger partial charge in [0, 0.05) is 12.1 Å². The van der Waals surface area contributed by atoms with Crippen molar-refractivity contribution >= 4 is 11.6 Å². The normalized spacial score (nSPS) is 12.8. The monoisotopic (exact) mass is 418 g/mol. The molecule has 0 aliphatic heterocycles. The Morgan fingerprint density at radius 2 is 1.48 bits per heavy atom. The van der Waals surface area contributed by atoms with Gasteiger partial charge in [-0.3, -0.25) is 4.79 Å². The van der Waals surface area contributed by atoms with Crippen molar-refractivity contribution < 1.29 is 14.6 Å². The van der Waals surface area contributed by atoms with Crippen LogP contribution in [0.2, 0.25) is 0 Å². The number of benzene rings is 3. The molecule has 0 radical (unpaired) electrons. The standard InChI is InChI=1S/C26H30N2O3/c1-3-19-4-8-21(9-5-19)22-10-6-20(7-11-22)16-17-31-24-14-12-23(13-15-24)28-25(30)26(2,27)18-29/h4-15,29H,3,16-18,27H2,1-2H3,(H,28,30). The van der Waals surface area contributed by atoms with Crippen molar-refractivity contribution in [1.29, 1.82) is 0 Å². The maximum Gasteiger partial charge on any atom is 0.246 e. The van der Waals surface area contributed by atoms with Crippen molar-refractivity contribution in [3.63, 3.8) is 0 Å². The van der Waals surface area contributed by atoms with Gasteiger partial charge in [0.25, 0.3) is 0 Å². The number of rotatable bonds is 9. The molecule has 5 nitrogen and oxygen atoms in total. The van der Waals surface area contributed by atoms with Crippen molar-refractivity contribution in [2.24, 2.45) is 5.73 Å². The Labute approximate surface area is 183 Å². The molecule has 0 bridgehead atoms. The van der Waals surface area contributed by atoms with E-state index in [0.717, 1.165) is 18.6 Å². The quantitative estimate of drug-likeness (QED) is 0.487. The number of nitrogens with one attached hydrogen (secondary N) is 1. The van der Waals surface area contributed by atoms with Crippen LogP contribution in [0.15, 0.2) is 72.8 Å². The Hall–Kier alpha value is -3.15. The minimum atomic E-state index is -1.32. The van der Waals surface area contributed by atoms with E-state index in [1.54, 1.807) is 24.3 Å². The predicted molar refractivity (Wildman–Crippen MR) is 125 cm³/mol. The lowest BCUT2D eigenvalue weighted by molar-refractivity contribution is -0.121. The first-order chi connectivity index (χ1) is 14.9. The van der Waals surface area contributed by atoms with E-state index in [2.05, 4.69) is 60.8 Å². The molecule has 3 rings (SSSR count). The van der Waals surface area contributed by atoms with Gasteiger partial charge >= 0.3 is 0 Å². The van der Waals surface area contributed by atoms with E-state index >= 15 is 0 Å². The molecule has 0 saturated heterocycles. The molecule has 31 heavy (non-hydrogen) atoms. The molecule has 0 heterocycles. The first-order valence-electron chi connectivity index (χ1n) is 10.5. The maximum absolute atomic E-state index is 12.0. The molecule has 3 aromatic rings. The van der Waals surface area contributed by atoms with Crippen LogP contribution in [0.1, 0.15) is 25.0 Å². The minimum Gasteiger partial charge on any atom is -0.493 e. The second-order valence-corrected chi connectivity index (χ2v) is 7.90. The van der Waals surface area contributed by atoms with E-state index in [1.165, 1.54) is 29.2 Å². The maximum atomic E-state index is 12.0. The summed E-state index contributed by atoms with van der Waals surface area (Å²) in [5, 5.41) is 11.9. The lowest BCUT2D eigenvalue weighted by Crippen LogP contribution is -2.51. The molecular formula is C26H30N2O3. The fraction of sp³-hybridized carbons (Fsp3) is 0.269. The highest BCUT2D eigenvalue weighted by Crippen LogP contribution is 2.21. The number of carbonyl (C=O) groups excluding carboxylic acids is 1. The highest BCUT2D eigenvalue weighted by atomic mass is 16.5. The van der Waals surface area contributed by atoms with Crippen LogP contribution >= 0.6 is 0 Å². The van der Waals surface area contributed by atoms with Crippen LogP contribution < -0.4 is 15.8 Å². The number of aryl methyl sites for hydroxylation is 1. The molecule has 3 aromatic carbocycles. The smallest absolute Gasteiger partial charge is 0.246 e. The predicted octanol–water partition coefficient (Wildman–Crippen LogP) is 4.19. The lowest BCUT2D eigenvalue weighted by Gasteiger charge is -2.20. The fourth-order valence-corrected chi connectivity index (χ4v) is 3.06. The fourth-order valence-electron chi connectivity index (χ4n) is 3.06. The van der Waals surface area contributed by atoms with Crippen molar-refractivity contribution in [3.05, 3.63) is 83.9 Å².